The van der Waals surface area contributed by atoms with Crippen LogP contribution in [0.3, 0.4) is 0 Å². The quantitative estimate of drug-likeness (QED) is 0.924. The Morgan fingerprint density at radius 1 is 0.944 bits per heavy atom. The molecule has 0 heterocycles. The van der Waals surface area contributed by atoms with Crippen LogP contribution in [0.2, 0.25) is 0 Å². The first-order chi connectivity index (χ1) is 8.51. The molecule has 0 saturated heterocycles. The van der Waals surface area contributed by atoms with Gasteiger partial charge in [-0.25, -0.2) is 8.42 Å². The smallest absolute Gasteiger partial charge is 0.209 e. The van der Waals surface area contributed by atoms with Gasteiger partial charge in [0.1, 0.15) is 0 Å². The highest BCUT2D eigenvalue weighted by molar-refractivity contribution is 7.91. The molecule has 0 amide bonds. The maximum atomic E-state index is 12.2. The van der Waals surface area contributed by atoms with Gasteiger partial charge in [-0.3, -0.25) is 0 Å². The average Bonchev–Trinajstić information content (AvgIpc) is 2.39. The highest BCUT2D eigenvalue weighted by atomic mass is 32.2. The molecule has 0 saturated carbocycles. The molecule has 0 aliphatic heterocycles. The van der Waals surface area contributed by atoms with Gasteiger partial charge >= 0.3 is 0 Å². The fourth-order valence-corrected chi connectivity index (χ4v) is 2.94. The largest absolute Gasteiger partial charge is 0.373 e. The molecule has 3 nitrogen and oxygen atoms in total. The third-order valence-corrected chi connectivity index (χ3v) is 4.52. The molecule has 2 rings (SSSR count). The Hall–Kier alpha value is -1.65. The number of aryl methyl sites for hydroxylation is 1. The maximum absolute atomic E-state index is 12.2. The highest BCUT2D eigenvalue weighted by Crippen LogP contribution is 2.26. The average molecular weight is 262 g/mol. The lowest BCUT2D eigenvalue weighted by molar-refractivity contribution is 0.254. The van der Waals surface area contributed by atoms with Crippen LogP contribution in [-0.4, -0.2) is 13.5 Å². The van der Waals surface area contributed by atoms with Gasteiger partial charge in [-0.05, 0) is 24.6 Å². The molecule has 1 N–H and O–H groups in total. The van der Waals surface area contributed by atoms with Crippen molar-refractivity contribution in [1.29, 1.82) is 0 Å². The van der Waals surface area contributed by atoms with E-state index >= 15 is 0 Å². The molecule has 0 aliphatic rings. The standard InChI is InChI=1S/C14H14O3S/c1-11-7-9-13(10-8-11)18(16,17)14(15)12-5-3-2-4-6-12/h2-10,14-15H,1H3. The molecule has 18 heavy (non-hydrogen) atoms. The fourth-order valence-electron chi connectivity index (χ4n) is 1.65. The lowest BCUT2D eigenvalue weighted by Gasteiger charge is -2.12. The van der Waals surface area contributed by atoms with Gasteiger partial charge in [0.2, 0.25) is 9.84 Å². The lowest BCUT2D eigenvalue weighted by Crippen LogP contribution is -2.13. The number of rotatable bonds is 3. The van der Waals surface area contributed by atoms with E-state index in [2.05, 4.69) is 0 Å². The number of hydrogen-bond acceptors (Lipinski definition) is 3. The van der Waals surface area contributed by atoms with Crippen molar-refractivity contribution in [3.63, 3.8) is 0 Å². The first-order valence-corrected chi connectivity index (χ1v) is 7.10. The minimum absolute atomic E-state index is 0.129. The Labute approximate surface area is 107 Å². The highest BCUT2D eigenvalue weighted by Gasteiger charge is 2.26. The topological polar surface area (TPSA) is 54.4 Å². The molecule has 94 valence electrons. The second kappa shape index (κ2) is 4.92. The molecule has 0 radical (unpaired) electrons. The van der Waals surface area contributed by atoms with Crippen molar-refractivity contribution in [2.45, 2.75) is 17.3 Å². The van der Waals surface area contributed by atoms with Crippen molar-refractivity contribution in [1.82, 2.24) is 0 Å². The van der Waals surface area contributed by atoms with Gasteiger partial charge in [0.15, 0.2) is 5.44 Å². The van der Waals surface area contributed by atoms with Crippen LogP contribution in [-0.2, 0) is 9.84 Å². The van der Waals surface area contributed by atoms with Crippen LogP contribution >= 0.6 is 0 Å². The molecule has 0 aromatic heterocycles. The summed E-state index contributed by atoms with van der Waals surface area (Å²) >= 11 is 0. The number of sulfone groups is 1. The molecule has 1 unspecified atom stereocenters. The first kappa shape index (κ1) is 12.8. The summed E-state index contributed by atoms with van der Waals surface area (Å²) in [6.07, 6.45) is 0. The summed E-state index contributed by atoms with van der Waals surface area (Å²) < 4.78 is 24.4. The number of aliphatic hydroxyl groups excluding tert-OH is 1. The fraction of sp³-hybridized carbons (Fsp3) is 0.143. The molecule has 2 aromatic rings. The van der Waals surface area contributed by atoms with E-state index in [0.29, 0.717) is 5.56 Å². The SMILES string of the molecule is Cc1ccc(S(=O)(=O)C(O)c2ccccc2)cc1. The maximum Gasteiger partial charge on any atom is 0.209 e. The summed E-state index contributed by atoms with van der Waals surface area (Å²) in [5.41, 5.74) is -0.178. The second-order valence-corrected chi connectivity index (χ2v) is 6.13. The zero-order valence-electron chi connectivity index (χ0n) is 9.95. The monoisotopic (exact) mass is 262 g/mol. The summed E-state index contributed by atoms with van der Waals surface area (Å²) in [6, 6.07) is 14.8. The zero-order valence-corrected chi connectivity index (χ0v) is 10.8. The van der Waals surface area contributed by atoms with Gasteiger partial charge in [-0.15, -0.1) is 0 Å². The minimum Gasteiger partial charge on any atom is -0.373 e. The Morgan fingerprint density at radius 3 is 2.06 bits per heavy atom. The third kappa shape index (κ3) is 2.44. The van der Waals surface area contributed by atoms with Crippen molar-refractivity contribution >= 4 is 9.84 Å². The molecule has 0 aliphatic carbocycles. The second-order valence-electron chi connectivity index (χ2n) is 4.12. The number of hydrogen-bond donors (Lipinski definition) is 1. The van der Waals surface area contributed by atoms with E-state index in [9.17, 15) is 13.5 Å². The predicted octanol–water partition coefficient (Wildman–Crippen LogP) is 2.46. The molecule has 0 bridgehead atoms. The number of aliphatic hydroxyl groups is 1. The van der Waals surface area contributed by atoms with E-state index in [1.165, 1.54) is 12.1 Å². The Balaban J connectivity index is 2.40. The normalized spacial score (nSPS) is 13.2. The summed E-state index contributed by atoms with van der Waals surface area (Å²) in [7, 11) is -3.75. The van der Waals surface area contributed by atoms with E-state index in [1.54, 1.807) is 42.5 Å². The molecule has 0 fully saturated rings. The molecule has 0 spiro atoms. The van der Waals surface area contributed by atoms with Crippen LogP contribution in [0.5, 0.6) is 0 Å². The van der Waals surface area contributed by atoms with Crippen molar-refractivity contribution in [2.75, 3.05) is 0 Å². The van der Waals surface area contributed by atoms with Gasteiger partial charge in [-0.1, -0.05) is 48.0 Å². The van der Waals surface area contributed by atoms with Crippen LogP contribution in [0.4, 0.5) is 0 Å². The van der Waals surface area contributed by atoms with Crippen molar-refractivity contribution in [2.24, 2.45) is 0 Å². The first-order valence-electron chi connectivity index (χ1n) is 5.55. The molecular formula is C14H14O3S. The van der Waals surface area contributed by atoms with E-state index in [1.807, 2.05) is 6.92 Å². The van der Waals surface area contributed by atoms with E-state index < -0.39 is 15.3 Å². The van der Waals surface area contributed by atoms with Crippen LogP contribution in [0, 0.1) is 6.92 Å². The van der Waals surface area contributed by atoms with Crippen molar-refractivity contribution in [3.8, 4) is 0 Å². The molecular weight excluding hydrogens is 248 g/mol. The summed E-state index contributed by atoms with van der Waals surface area (Å²) in [5.74, 6) is 0. The Bertz CT molecular complexity index is 616. The third-order valence-electron chi connectivity index (χ3n) is 2.73. The van der Waals surface area contributed by atoms with E-state index in [4.69, 9.17) is 0 Å². The molecule has 4 heteroatoms. The van der Waals surface area contributed by atoms with Gasteiger partial charge in [0.25, 0.3) is 0 Å². The zero-order chi connectivity index (χ0) is 13.2. The van der Waals surface area contributed by atoms with Crippen LogP contribution in [0.1, 0.15) is 16.6 Å². The summed E-state index contributed by atoms with van der Waals surface area (Å²) in [5, 5.41) is 9.98. The van der Waals surface area contributed by atoms with Crippen molar-refractivity contribution < 1.29 is 13.5 Å². The van der Waals surface area contributed by atoms with E-state index in [0.717, 1.165) is 5.56 Å². The Morgan fingerprint density at radius 2 is 1.50 bits per heavy atom. The molecule has 1 atom stereocenters. The van der Waals surface area contributed by atoms with Gasteiger partial charge in [-0.2, -0.15) is 0 Å². The van der Waals surface area contributed by atoms with Crippen LogP contribution in [0.15, 0.2) is 59.5 Å². The van der Waals surface area contributed by atoms with E-state index in [-0.39, 0.29) is 4.90 Å². The minimum atomic E-state index is -3.75. The predicted molar refractivity (Wildman–Crippen MR) is 69.8 cm³/mol. The van der Waals surface area contributed by atoms with Crippen LogP contribution in [0.25, 0.3) is 0 Å². The Kier molecular flexibility index (Phi) is 3.50. The number of benzene rings is 2. The lowest BCUT2D eigenvalue weighted by atomic mass is 10.2. The van der Waals surface area contributed by atoms with Crippen LogP contribution < -0.4 is 0 Å². The van der Waals surface area contributed by atoms with Gasteiger partial charge in [0.05, 0.1) is 4.90 Å². The summed E-state index contributed by atoms with van der Waals surface area (Å²) in [4.78, 5) is 0.129. The van der Waals surface area contributed by atoms with Crippen molar-refractivity contribution in [3.05, 3.63) is 65.7 Å². The van der Waals surface area contributed by atoms with Gasteiger partial charge in [0, 0.05) is 0 Å². The molecule has 2 aromatic carbocycles. The van der Waals surface area contributed by atoms with Gasteiger partial charge < -0.3 is 5.11 Å². The summed E-state index contributed by atoms with van der Waals surface area (Å²) in [6.45, 7) is 1.88.